The van der Waals surface area contributed by atoms with Crippen LogP contribution < -0.4 is 5.32 Å². The van der Waals surface area contributed by atoms with Gasteiger partial charge in [0.25, 0.3) is 0 Å². The second kappa shape index (κ2) is 13.3. The predicted molar refractivity (Wildman–Crippen MR) is 133 cm³/mol. The Labute approximate surface area is 203 Å². The van der Waals surface area contributed by atoms with Crippen LogP contribution in [0.4, 0.5) is 5.95 Å². The summed E-state index contributed by atoms with van der Waals surface area (Å²) in [5.74, 6) is -0.560. The molecule has 1 aliphatic carbocycles. The van der Waals surface area contributed by atoms with E-state index in [1.54, 1.807) is 19.5 Å². The van der Waals surface area contributed by atoms with E-state index < -0.39 is 12.0 Å². The molecule has 0 aromatic carbocycles. The van der Waals surface area contributed by atoms with Gasteiger partial charge >= 0.3 is 5.97 Å². The largest absolute Gasteiger partial charge is 0.480 e. The molecule has 8 heteroatoms. The van der Waals surface area contributed by atoms with Crippen molar-refractivity contribution in [3.05, 3.63) is 47.0 Å². The summed E-state index contributed by atoms with van der Waals surface area (Å²) in [5.41, 5.74) is 4.84. The van der Waals surface area contributed by atoms with Gasteiger partial charge < -0.3 is 20.1 Å². The highest BCUT2D eigenvalue weighted by molar-refractivity contribution is 5.76. The fourth-order valence-corrected chi connectivity index (χ4v) is 4.33. The standard InChI is InChI=1S/C26H39N5O3/c1-19-16-27-26(28-17-19)30-24(25(32)33)13-15-31(18-20(2)34-3)14-7-6-9-22-12-11-21-8-4-5-10-23(21)29-22/h11-12,16-17,20,24H,4-10,13-15,18H2,1-3H3,(H,32,33)(H,27,28,30)/t20-,24+/m1/s1. The van der Waals surface area contributed by atoms with E-state index in [4.69, 9.17) is 9.72 Å². The average Bonchev–Trinajstić information content (AvgIpc) is 2.84. The smallest absolute Gasteiger partial charge is 0.326 e. The summed E-state index contributed by atoms with van der Waals surface area (Å²) in [4.78, 5) is 27.4. The molecule has 0 spiro atoms. The second-order valence-corrected chi connectivity index (χ2v) is 9.33. The van der Waals surface area contributed by atoms with Gasteiger partial charge in [-0.3, -0.25) is 4.98 Å². The highest BCUT2D eigenvalue weighted by Gasteiger charge is 2.20. The minimum absolute atomic E-state index is 0.0824. The van der Waals surface area contributed by atoms with Gasteiger partial charge in [0.2, 0.25) is 5.95 Å². The summed E-state index contributed by atoms with van der Waals surface area (Å²) in [5, 5.41) is 12.6. The van der Waals surface area contributed by atoms with Gasteiger partial charge in [-0.2, -0.15) is 0 Å². The molecule has 2 heterocycles. The van der Waals surface area contributed by atoms with E-state index in [0.717, 1.165) is 50.8 Å². The van der Waals surface area contributed by atoms with Crippen LogP contribution in [0, 0.1) is 6.92 Å². The normalized spacial score (nSPS) is 15.1. The monoisotopic (exact) mass is 469 g/mol. The van der Waals surface area contributed by atoms with Gasteiger partial charge in [-0.15, -0.1) is 0 Å². The lowest BCUT2D eigenvalue weighted by atomic mass is 9.95. The number of carbonyl (C=O) groups is 1. The fraction of sp³-hybridized carbons (Fsp3) is 0.615. The zero-order valence-electron chi connectivity index (χ0n) is 20.8. The van der Waals surface area contributed by atoms with Crippen LogP contribution in [-0.2, 0) is 28.8 Å². The highest BCUT2D eigenvalue weighted by Crippen LogP contribution is 2.20. The summed E-state index contributed by atoms with van der Waals surface area (Å²) in [7, 11) is 1.71. The number of hydrogen-bond donors (Lipinski definition) is 2. The van der Waals surface area contributed by atoms with Gasteiger partial charge in [-0.1, -0.05) is 6.07 Å². The van der Waals surface area contributed by atoms with Crippen molar-refractivity contribution in [3.8, 4) is 0 Å². The topological polar surface area (TPSA) is 100 Å². The molecule has 186 valence electrons. The van der Waals surface area contributed by atoms with Crippen LogP contribution in [0.2, 0.25) is 0 Å². The predicted octanol–water partition coefficient (Wildman–Crippen LogP) is 3.67. The molecule has 3 rings (SSSR count). The molecule has 8 nitrogen and oxygen atoms in total. The van der Waals surface area contributed by atoms with Gasteiger partial charge in [0, 0.05) is 44.0 Å². The summed E-state index contributed by atoms with van der Waals surface area (Å²) in [6.07, 6.45) is 11.8. The van der Waals surface area contributed by atoms with Crippen LogP contribution in [0.15, 0.2) is 24.5 Å². The Hall–Kier alpha value is -2.58. The van der Waals surface area contributed by atoms with Crippen molar-refractivity contribution < 1.29 is 14.6 Å². The number of pyridine rings is 1. The van der Waals surface area contributed by atoms with Gasteiger partial charge in [0.15, 0.2) is 0 Å². The number of ether oxygens (including phenoxy) is 1. The number of aliphatic carboxylic acids is 1. The summed E-state index contributed by atoms with van der Waals surface area (Å²) in [6.45, 7) is 6.25. The van der Waals surface area contributed by atoms with Crippen molar-refractivity contribution in [2.75, 3.05) is 32.1 Å². The number of rotatable bonds is 14. The first kappa shape index (κ1) is 26.0. The number of carboxylic acids is 1. The minimum atomic E-state index is -0.901. The van der Waals surface area contributed by atoms with E-state index in [1.165, 1.54) is 29.8 Å². The second-order valence-electron chi connectivity index (χ2n) is 9.33. The Kier molecular flexibility index (Phi) is 10.2. The third-order valence-electron chi connectivity index (χ3n) is 6.43. The molecule has 0 bridgehead atoms. The van der Waals surface area contributed by atoms with E-state index in [9.17, 15) is 9.90 Å². The van der Waals surface area contributed by atoms with E-state index in [-0.39, 0.29) is 6.10 Å². The van der Waals surface area contributed by atoms with Gasteiger partial charge in [0.05, 0.1) is 6.10 Å². The van der Waals surface area contributed by atoms with Crippen LogP contribution >= 0.6 is 0 Å². The molecule has 2 N–H and O–H groups in total. The third-order valence-corrected chi connectivity index (χ3v) is 6.43. The van der Waals surface area contributed by atoms with Crippen LogP contribution in [0.1, 0.15) is 61.5 Å². The van der Waals surface area contributed by atoms with Crippen molar-refractivity contribution in [2.45, 2.75) is 77.4 Å². The fourth-order valence-electron chi connectivity index (χ4n) is 4.33. The number of aromatic nitrogens is 3. The molecule has 0 unspecified atom stereocenters. The Morgan fingerprint density at radius 3 is 2.68 bits per heavy atom. The Morgan fingerprint density at radius 1 is 1.18 bits per heavy atom. The Morgan fingerprint density at radius 2 is 1.94 bits per heavy atom. The SMILES string of the molecule is CO[C@H](C)CN(CCCCc1ccc2c(n1)CCCC2)CC[C@H](Nc1ncc(C)cn1)C(=O)O. The van der Waals surface area contributed by atoms with Crippen LogP contribution in [0.3, 0.4) is 0 Å². The molecule has 0 amide bonds. The number of carboxylic acid groups (broad SMARTS) is 1. The maximum Gasteiger partial charge on any atom is 0.326 e. The van der Waals surface area contributed by atoms with E-state index in [0.29, 0.717) is 18.9 Å². The quantitative estimate of drug-likeness (QED) is 0.404. The molecule has 0 aliphatic heterocycles. The zero-order chi connectivity index (χ0) is 24.3. The van der Waals surface area contributed by atoms with Crippen molar-refractivity contribution in [1.82, 2.24) is 19.9 Å². The molecule has 0 saturated heterocycles. The number of fused-ring (bicyclic) bond motifs is 1. The van der Waals surface area contributed by atoms with Crippen LogP contribution in [0.25, 0.3) is 0 Å². The maximum atomic E-state index is 11.8. The third kappa shape index (κ3) is 8.33. The van der Waals surface area contributed by atoms with Gasteiger partial charge in [-0.05, 0) is 89.0 Å². The molecular weight excluding hydrogens is 430 g/mol. The van der Waals surface area contributed by atoms with Crippen LogP contribution in [0.5, 0.6) is 0 Å². The molecule has 2 aromatic rings. The lowest BCUT2D eigenvalue weighted by Gasteiger charge is -2.26. The van der Waals surface area contributed by atoms with E-state index >= 15 is 0 Å². The number of methoxy groups -OCH3 is 1. The first-order valence-electron chi connectivity index (χ1n) is 12.5. The summed E-state index contributed by atoms with van der Waals surface area (Å²) < 4.78 is 5.47. The lowest BCUT2D eigenvalue weighted by molar-refractivity contribution is -0.138. The van der Waals surface area contributed by atoms with Gasteiger partial charge in [0.1, 0.15) is 6.04 Å². The Balaban J connectivity index is 1.49. The van der Waals surface area contributed by atoms with Crippen LogP contribution in [-0.4, -0.2) is 69.8 Å². The first-order chi connectivity index (χ1) is 16.4. The maximum absolute atomic E-state index is 11.8. The highest BCUT2D eigenvalue weighted by atomic mass is 16.5. The zero-order valence-corrected chi connectivity index (χ0v) is 20.8. The van der Waals surface area contributed by atoms with Crippen molar-refractivity contribution in [1.29, 1.82) is 0 Å². The Bertz CT molecular complexity index is 906. The molecule has 2 atom stereocenters. The number of nitrogens with one attached hydrogen (secondary N) is 1. The molecule has 1 aliphatic rings. The minimum Gasteiger partial charge on any atom is -0.480 e. The summed E-state index contributed by atoms with van der Waals surface area (Å²) in [6, 6.07) is 3.70. The first-order valence-corrected chi connectivity index (χ1v) is 12.5. The van der Waals surface area contributed by atoms with Crippen molar-refractivity contribution in [3.63, 3.8) is 0 Å². The molecular formula is C26H39N5O3. The number of nitrogens with zero attached hydrogens (tertiary/aromatic N) is 4. The molecule has 0 fully saturated rings. The molecule has 0 radical (unpaired) electrons. The van der Waals surface area contributed by atoms with Gasteiger partial charge in [-0.25, -0.2) is 14.8 Å². The van der Waals surface area contributed by atoms with Crippen molar-refractivity contribution in [2.24, 2.45) is 0 Å². The number of unbranched alkanes of at least 4 members (excludes halogenated alkanes) is 1. The van der Waals surface area contributed by atoms with Crippen molar-refractivity contribution >= 4 is 11.9 Å². The lowest BCUT2D eigenvalue weighted by Crippen LogP contribution is -2.38. The van der Waals surface area contributed by atoms with E-state index in [2.05, 4.69) is 32.3 Å². The molecule has 2 aromatic heterocycles. The summed E-state index contributed by atoms with van der Waals surface area (Å²) >= 11 is 0. The number of anilines is 1. The number of aryl methyl sites for hydroxylation is 4. The molecule has 34 heavy (non-hydrogen) atoms. The average molecular weight is 470 g/mol. The number of hydrogen-bond acceptors (Lipinski definition) is 7. The molecule has 0 saturated carbocycles. The van der Waals surface area contributed by atoms with E-state index in [1.807, 2.05) is 13.8 Å².